The van der Waals surface area contributed by atoms with Crippen LogP contribution in [0.2, 0.25) is 0 Å². The maximum Gasteiger partial charge on any atom is 0.252 e. The Balaban J connectivity index is 1.79. The third-order valence-electron chi connectivity index (χ3n) is 4.05. The quantitative estimate of drug-likeness (QED) is 0.571. The summed E-state index contributed by atoms with van der Waals surface area (Å²) in [4.78, 5) is 24.0. The molecule has 1 fully saturated rings. The highest BCUT2D eigenvalue weighted by Gasteiger charge is 2.15. The molecule has 1 aromatic rings. The van der Waals surface area contributed by atoms with E-state index in [9.17, 15) is 9.59 Å². The third kappa shape index (κ3) is 5.37. The van der Waals surface area contributed by atoms with Crippen molar-refractivity contribution in [3.8, 4) is 0 Å². The Bertz CT molecular complexity index is 513. The van der Waals surface area contributed by atoms with E-state index in [-0.39, 0.29) is 17.6 Å². The van der Waals surface area contributed by atoms with Gasteiger partial charge in [-0.25, -0.2) is 0 Å². The van der Waals surface area contributed by atoms with Crippen LogP contribution in [0.1, 0.15) is 48.9 Å². The highest BCUT2D eigenvalue weighted by atomic mass is 32.2. The van der Waals surface area contributed by atoms with Gasteiger partial charge in [0.15, 0.2) is 0 Å². The maximum absolute atomic E-state index is 12.3. The van der Waals surface area contributed by atoms with Crippen LogP contribution in [-0.4, -0.2) is 24.1 Å². The Kier molecular flexibility index (Phi) is 6.77. The number of hydrogen-bond acceptors (Lipinski definition) is 3. The predicted octanol–water partition coefficient (Wildman–Crippen LogP) is 2.96. The first-order valence-electron chi connectivity index (χ1n) is 7.95. The highest BCUT2D eigenvalue weighted by molar-refractivity contribution is 8.00. The number of rotatable bonds is 8. The lowest BCUT2D eigenvalue weighted by molar-refractivity contribution is -0.115. The Hall–Kier alpha value is -1.49. The van der Waals surface area contributed by atoms with Gasteiger partial charge in [0.05, 0.1) is 11.3 Å². The Morgan fingerprint density at radius 3 is 2.68 bits per heavy atom. The average Bonchev–Trinajstić information content (AvgIpc) is 3.03. The van der Waals surface area contributed by atoms with Crippen molar-refractivity contribution in [2.75, 3.05) is 12.3 Å². The molecule has 0 bridgehead atoms. The van der Waals surface area contributed by atoms with Crippen molar-refractivity contribution in [3.63, 3.8) is 0 Å². The molecule has 0 aliphatic heterocycles. The van der Waals surface area contributed by atoms with Gasteiger partial charge in [0.25, 0.3) is 5.91 Å². The average molecular weight is 320 g/mol. The fraction of sp³-hybridized carbons (Fsp3) is 0.529. The lowest BCUT2D eigenvalue weighted by atomic mass is 10.0. The van der Waals surface area contributed by atoms with Gasteiger partial charge < -0.3 is 11.1 Å². The molecule has 0 saturated heterocycles. The van der Waals surface area contributed by atoms with E-state index in [1.807, 2.05) is 18.2 Å². The predicted molar refractivity (Wildman–Crippen MR) is 89.9 cm³/mol. The topological polar surface area (TPSA) is 72.2 Å². The summed E-state index contributed by atoms with van der Waals surface area (Å²) in [5.74, 6) is 0.595. The Labute approximate surface area is 136 Å². The van der Waals surface area contributed by atoms with Crippen molar-refractivity contribution in [2.45, 2.75) is 43.4 Å². The minimum atomic E-state index is -0.378. The summed E-state index contributed by atoms with van der Waals surface area (Å²) in [7, 11) is 0. The fourth-order valence-electron chi connectivity index (χ4n) is 2.92. The van der Waals surface area contributed by atoms with Crippen molar-refractivity contribution >= 4 is 23.6 Å². The second kappa shape index (κ2) is 8.83. The molecule has 120 valence electrons. The number of amides is 2. The summed E-state index contributed by atoms with van der Waals surface area (Å²) in [6.07, 6.45) is 7.66. The summed E-state index contributed by atoms with van der Waals surface area (Å²) < 4.78 is 0. The molecule has 0 spiro atoms. The highest BCUT2D eigenvalue weighted by Crippen LogP contribution is 2.28. The van der Waals surface area contributed by atoms with E-state index in [0.717, 1.165) is 17.2 Å². The molecule has 1 aliphatic carbocycles. The van der Waals surface area contributed by atoms with Crippen molar-refractivity contribution < 1.29 is 9.59 Å². The number of carbonyl (C=O) groups is 2. The van der Waals surface area contributed by atoms with Gasteiger partial charge >= 0.3 is 0 Å². The van der Waals surface area contributed by atoms with Crippen LogP contribution < -0.4 is 11.1 Å². The normalized spacial score (nSPS) is 14.9. The molecule has 1 aromatic carbocycles. The zero-order valence-corrected chi connectivity index (χ0v) is 13.7. The molecular weight excluding hydrogens is 296 g/mol. The lowest BCUT2D eigenvalue weighted by Crippen LogP contribution is -2.25. The molecule has 0 radical (unpaired) electrons. The third-order valence-corrected chi connectivity index (χ3v) is 5.15. The van der Waals surface area contributed by atoms with Gasteiger partial charge in [-0.1, -0.05) is 37.8 Å². The van der Waals surface area contributed by atoms with Crippen LogP contribution in [0.4, 0.5) is 0 Å². The number of benzene rings is 1. The van der Waals surface area contributed by atoms with Gasteiger partial charge in [0.1, 0.15) is 0 Å². The molecule has 2 rings (SSSR count). The van der Waals surface area contributed by atoms with Gasteiger partial charge in [-0.15, -0.1) is 11.8 Å². The number of primary amides is 1. The summed E-state index contributed by atoms with van der Waals surface area (Å²) in [6, 6.07) is 7.33. The van der Waals surface area contributed by atoms with Crippen LogP contribution in [0, 0.1) is 5.92 Å². The summed E-state index contributed by atoms with van der Waals surface area (Å²) in [5.41, 5.74) is 5.78. The van der Waals surface area contributed by atoms with Crippen molar-refractivity contribution in [1.29, 1.82) is 0 Å². The minimum Gasteiger partial charge on any atom is -0.369 e. The summed E-state index contributed by atoms with van der Waals surface area (Å²) >= 11 is 1.31. The lowest BCUT2D eigenvalue weighted by Gasteiger charge is -2.11. The first-order chi connectivity index (χ1) is 10.7. The van der Waals surface area contributed by atoms with Crippen molar-refractivity contribution in [3.05, 3.63) is 29.8 Å². The van der Waals surface area contributed by atoms with Crippen molar-refractivity contribution in [2.24, 2.45) is 11.7 Å². The molecule has 1 saturated carbocycles. The first-order valence-corrected chi connectivity index (χ1v) is 8.93. The molecule has 0 atom stereocenters. The number of nitrogens with two attached hydrogens (primary N) is 1. The molecule has 0 heterocycles. The molecule has 4 nitrogen and oxygen atoms in total. The van der Waals surface area contributed by atoms with Crippen LogP contribution in [0.3, 0.4) is 0 Å². The zero-order valence-electron chi connectivity index (χ0n) is 12.8. The molecule has 0 aromatic heterocycles. The molecule has 2 amide bonds. The molecule has 5 heteroatoms. The molecular formula is C17H24N2O2S. The maximum atomic E-state index is 12.3. The first kappa shape index (κ1) is 16.9. The number of thioether (sulfide) groups is 1. The van der Waals surface area contributed by atoms with Gasteiger partial charge in [-0.3, -0.25) is 9.59 Å². The van der Waals surface area contributed by atoms with Crippen molar-refractivity contribution in [1.82, 2.24) is 5.32 Å². The monoisotopic (exact) mass is 320 g/mol. The van der Waals surface area contributed by atoms with E-state index in [1.165, 1.54) is 43.9 Å². The second-order valence-electron chi connectivity index (χ2n) is 5.80. The zero-order chi connectivity index (χ0) is 15.8. The summed E-state index contributed by atoms with van der Waals surface area (Å²) in [6.45, 7) is 0.712. The summed E-state index contributed by atoms with van der Waals surface area (Å²) in [5, 5.41) is 2.98. The largest absolute Gasteiger partial charge is 0.369 e. The van der Waals surface area contributed by atoms with Gasteiger partial charge in [-0.2, -0.15) is 0 Å². The van der Waals surface area contributed by atoms with Crippen LogP contribution in [-0.2, 0) is 4.79 Å². The SMILES string of the molecule is NC(=O)CSc1ccccc1C(=O)NCCCC1CCCC1. The van der Waals surface area contributed by atoms with Gasteiger partial charge in [-0.05, 0) is 30.9 Å². The van der Waals surface area contributed by atoms with Crippen LogP contribution >= 0.6 is 11.8 Å². The number of carbonyl (C=O) groups excluding carboxylic acids is 2. The van der Waals surface area contributed by atoms with Crippen LogP contribution in [0.15, 0.2) is 29.2 Å². The molecule has 0 unspecified atom stereocenters. The van der Waals surface area contributed by atoms with E-state index in [4.69, 9.17) is 5.73 Å². The van der Waals surface area contributed by atoms with Gasteiger partial charge in [0, 0.05) is 11.4 Å². The molecule has 22 heavy (non-hydrogen) atoms. The van der Waals surface area contributed by atoms with Crippen LogP contribution in [0.5, 0.6) is 0 Å². The Morgan fingerprint density at radius 2 is 1.95 bits per heavy atom. The fourth-order valence-corrected chi connectivity index (χ4v) is 3.70. The number of nitrogens with one attached hydrogen (secondary N) is 1. The van der Waals surface area contributed by atoms with E-state index < -0.39 is 0 Å². The van der Waals surface area contributed by atoms with Gasteiger partial charge in [0.2, 0.25) is 5.91 Å². The minimum absolute atomic E-state index is 0.0704. The molecule has 3 N–H and O–H groups in total. The second-order valence-corrected chi connectivity index (χ2v) is 6.82. The smallest absolute Gasteiger partial charge is 0.252 e. The number of hydrogen-bond donors (Lipinski definition) is 2. The van der Waals surface area contributed by atoms with E-state index in [2.05, 4.69) is 5.32 Å². The van der Waals surface area contributed by atoms with Crippen LogP contribution in [0.25, 0.3) is 0 Å². The van der Waals surface area contributed by atoms with E-state index >= 15 is 0 Å². The standard InChI is InChI=1S/C17H24N2O2S/c18-16(20)12-22-15-10-4-3-9-14(15)17(21)19-11-5-8-13-6-1-2-7-13/h3-4,9-10,13H,1-2,5-8,11-12H2,(H2,18,20)(H,19,21). The van der Waals surface area contributed by atoms with E-state index in [0.29, 0.717) is 12.1 Å². The van der Waals surface area contributed by atoms with E-state index in [1.54, 1.807) is 6.07 Å². The Morgan fingerprint density at radius 1 is 1.23 bits per heavy atom. The molecule has 1 aliphatic rings.